The average Bonchev–Trinajstić information content (AvgIpc) is 3.08. The Morgan fingerprint density at radius 1 is 1.30 bits per heavy atom. The van der Waals surface area contributed by atoms with Gasteiger partial charge in [-0.2, -0.15) is 0 Å². The van der Waals surface area contributed by atoms with Crippen LogP contribution in [0, 0.1) is 0 Å². The number of carbonyl (C=O) groups excluding carboxylic acids is 1. The summed E-state index contributed by atoms with van der Waals surface area (Å²) >= 11 is 0. The van der Waals surface area contributed by atoms with E-state index in [1.54, 1.807) is 10.9 Å². The number of nitrogens with zero attached hydrogens (tertiary/aromatic N) is 4. The first-order chi connectivity index (χ1) is 12.9. The molecule has 9 heteroatoms. The van der Waals surface area contributed by atoms with Crippen LogP contribution in [0.25, 0.3) is 0 Å². The van der Waals surface area contributed by atoms with E-state index in [1.807, 2.05) is 24.3 Å². The lowest BCUT2D eigenvalue weighted by atomic mass is 9.91. The topological polar surface area (TPSA) is 121 Å². The van der Waals surface area contributed by atoms with Gasteiger partial charge in [0.05, 0.1) is 24.5 Å². The van der Waals surface area contributed by atoms with E-state index < -0.39 is 12.2 Å². The zero-order valence-electron chi connectivity index (χ0n) is 15.1. The highest BCUT2D eigenvalue weighted by Crippen LogP contribution is 2.28. The van der Waals surface area contributed by atoms with Crippen LogP contribution in [0.3, 0.4) is 0 Å². The van der Waals surface area contributed by atoms with Gasteiger partial charge >= 0.3 is 6.09 Å². The minimum Gasteiger partial charge on any atom is -0.465 e. The van der Waals surface area contributed by atoms with Crippen molar-refractivity contribution in [2.45, 2.75) is 38.3 Å². The van der Waals surface area contributed by atoms with Crippen molar-refractivity contribution >= 4 is 17.7 Å². The Morgan fingerprint density at radius 2 is 2.04 bits per heavy atom. The molecule has 2 aromatic rings. The van der Waals surface area contributed by atoms with E-state index in [0.717, 1.165) is 23.4 Å². The highest BCUT2D eigenvalue weighted by Gasteiger charge is 2.33. The maximum atomic E-state index is 11.1. The number of benzene rings is 1. The van der Waals surface area contributed by atoms with Crippen molar-refractivity contribution in [1.29, 1.82) is 0 Å². The number of likely N-dealkylation sites (tertiary alicyclic amines) is 1. The summed E-state index contributed by atoms with van der Waals surface area (Å²) in [5.74, 6) is -0.291. The number of aryl methyl sites for hydroxylation is 2. The van der Waals surface area contributed by atoms with Crippen LogP contribution in [-0.2, 0) is 17.8 Å². The Labute approximate surface area is 156 Å². The van der Waals surface area contributed by atoms with E-state index in [2.05, 4.69) is 15.6 Å². The molecule has 2 amide bonds. The third kappa shape index (κ3) is 4.62. The molecular formula is C18H23N5O4. The molecule has 1 fully saturated rings. The SMILES string of the molecule is CC(=O)Nc1ccc(CCn2nncc2[C@H]2CCN(C(=O)O)C[C@@H]2O)cc1. The molecule has 1 saturated heterocycles. The summed E-state index contributed by atoms with van der Waals surface area (Å²) < 4.78 is 1.77. The number of carboxylic acid groups (broad SMARTS) is 1. The molecular weight excluding hydrogens is 350 g/mol. The van der Waals surface area contributed by atoms with Gasteiger partial charge in [0, 0.05) is 31.6 Å². The molecule has 3 N–H and O–H groups in total. The summed E-state index contributed by atoms with van der Waals surface area (Å²) in [6.07, 6.45) is 1.11. The summed E-state index contributed by atoms with van der Waals surface area (Å²) in [6, 6.07) is 7.60. The molecule has 0 aliphatic carbocycles. The van der Waals surface area contributed by atoms with Gasteiger partial charge < -0.3 is 20.4 Å². The van der Waals surface area contributed by atoms with E-state index in [4.69, 9.17) is 5.11 Å². The fourth-order valence-electron chi connectivity index (χ4n) is 3.37. The lowest BCUT2D eigenvalue weighted by molar-refractivity contribution is -0.114. The number of aromatic nitrogens is 3. The summed E-state index contributed by atoms with van der Waals surface area (Å²) in [4.78, 5) is 23.4. The van der Waals surface area contributed by atoms with Gasteiger partial charge in [-0.25, -0.2) is 9.48 Å². The zero-order valence-corrected chi connectivity index (χ0v) is 15.1. The Hall–Kier alpha value is -2.94. The summed E-state index contributed by atoms with van der Waals surface area (Å²) in [5, 5.41) is 30.3. The number of piperidine rings is 1. The lowest BCUT2D eigenvalue weighted by Gasteiger charge is -2.34. The first kappa shape index (κ1) is 18.8. The smallest absolute Gasteiger partial charge is 0.407 e. The van der Waals surface area contributed by atoms with Gasteiger partial charge in [-0.05, 0) is 30.5 Å². The number of carbonyl (C=O) groups is 2. The maximum Gasteiger partial charge on any atom is 0.407 e. The monoisotopic (exact) mass is 373 g/mol. The van der Waals surface area contributed by atoms with E-state index in [-0.39, 0.29) is 18.4 Å². The van der Waals surface area contributed by atoms with Crippen LogP contribution in [0.1, 0.15) is 30.5 Å². The second-order valence-electron chi connectivity index (χ2n) is 6.70. The second-order valence-corrected chi connectivity index (χ2v) is 6.70. The van der Waals surface area contributed by atoms with E-state index in [1.165, 1.54) is 11.8 Å². The van der Waals surface area contributed by atoms with Crippen LogP contribution in [0.4, 0.5) is 10.5 Å². The summed E-state index contributed by atoms with van der Waals surface area (Å²) in [7, 11) is 0. The van der Waals surface area contributed by atoms with Gasteiger partial charge in [-0.3, -0.25) is 4.79 Å². The van der Waals surface area contributed by atoms with Crippen molar-refractivity contribution in [1.82, 2.24) is 19.9 Å². The number of nitrogens with one attached hydrogen (secondary N) is 1. The standard InChI is InChI=1S/C18H23N5O4/c1-12(24)20-14-4-2-13(3-5-14)6-9-23-16(10-19-21-23)15-7-8-22(18(26)27)11-17(15)25/h2-5,10,15,17,25H,6-9,11H2,1H3,(H,20,24)(H,26,27)/t15-,17+/m1/s1. The van der Waals surface area contributed by atoms with Gasteiger partial charge in [-0.15, -0.1) is 5.10 Å². The van der Waals surface area contributed by atoms with Gasteiger partial charge in [0.2, 0.25) is 5.91 Å². The number of aliphatic hydroxyl groups excluding tert-OH is 1. The molecule has 0 spiro atoms. The van der Waals surface area contributed by atoms with Crippen molar-refractivity contribution in [3.63, 3.8) is 0 Å². The largest absolute Gasteiger partial charge is 0.465 e. The first-order valence-corrected chi connectivity index (χ1v) is 8.85. The minimum absolute atomic E-state index is 0.0930. The molecule has 1 aromatic carbocycles. The van der Waals surface area contributed by atoms with Crippen LogP contribution in [0.15, 0.2) is 30.5 Å². The Bertz CT molecular complexity index is 804. The van der Waals surface area contributed by atoms with Crippen LogP contribution < -0.4 is 5.32 Å². The lowest BCUT2D eigenvalue weighted by Crippen LogP contribution is -2.45. The molecule has 0 unspecified atom stereocenters. The molecule has 2 heterocycles. The number of β-amino-alcohol motifs (C(OH)–C–C–N with tert-alkyl or cyclic N) is 1. The average molecular weight is 373 g/mol. The van der Waals surface area contributed by atoms with Gasteiger partial charge in [-0.1, -0.05) is 17.3 Å². The fourth-order valence-corrected chi connectivity index (χ4v) is 3.37. The normalized spacial score (nSPS) is 19.7. The maximum absolute atomic E-state index is 11.1. The first-order valence-electron chi connectivity index (χ1n) is 8.85. The molecule has 0 radical (unpaired) electrons. The molecule has 1 aliphatic rings. The molecule has 144 valence electrons. The Morgan fingerprint density at radius 3 is 2.67 bits per heavy atom. The number of hydrogen-bond acceptors (Lipinski definition) is 5. The van der Waals surface area contributed by atoms with Gasteiger partial charge in [0.1, 0.15) is 0 Å². The van der Waals surface area contributed by atoms with E-state index in [0.29, 0.717) is 19.5 Å². The molecule has 27 heavy (non-hydrogen) atoms. The number of aliphatic hydroxyl groups is 1. The van der Waals surface area contributed by atoms with E-state index >= 15 is 0 Å². The van der Waals surface area contributed by atoms with Crippen LogP contribution >= 0.6 is 0 Å². The molecule has 0 saturated carbocycles. The summed E-state index contributed by atoms with van der Waals surface area (Å²) in [6.45, 7) is 2.54. The van der Waals surface area contributed by atoms with Crippen molar-refractivity contribution in [2.75, 3.05) is 18.4 Å². The van der Waals surface area contributed by atoms with Crippen molar-refractivity contribution in [3.8, 4) is 0 Å². The zero-order chi connectivity index (χ0) is 19.4. The predicted octanol–water partition coefficient (Wildman–Crippen LogP) is 1.31. The Balaban J connectivity index is 1.62. The Kier molecular flexibility index (Phi) is 5.70. The second kappa shape index (κ2) is 8.17. The fraction of sp³-hybridized carbons (Fsp3) is 0.444. The number of anilines is 1. The number of rotatable bonds is 5. The highest BCUT2D eigenvalue weighted by molar-refractivity contribution is 5.88. The molecule has 3 rings (SSSR count). The summed E-state index contributed by atoms with van der Waals surface area (Å²) in [5.41, 5.74) is 2.66. The molecule has 0 bridgehead atoms. The van der Waals surface area contributed by atoms with Crippen LogP contribution in [0.5, 0.6) is 0 Å². The highest BCUT2D eigenvalue weighted by atomic mass is 16.4. The third-order valence-corrected chi connectivity index (χ3v) is 4.77. The molecule has 1 aromatic heterocycles. The van der Waals surface area contributed by atoms with Gasteiger partial charge in [0.25, 0.3) is 0 Å². The van der Waals surface area contributed by atoms with Gasteiger partial charge in [0.15, 0.2) is 0 Å². The molecule has 1 aliphatic heterocycles. The minimum atomic E-state index is -1.01. The number of hydrogen-bond donors (Lipinski definition) is 3. The van der Waals surface area contributed by atoms with Crippen molar-refractivity contribution < 1.29 is 19.8 Å². The van der Waals surface area contributed by atoms with Crippen molar-refractivity contribution in [3.05, 3.63) is 41.7 Å². The van der Waals surface area contributed by atoms with Crippen LogP contribution in [-0.4, -0.2) is 61.3 Å². The van der Waals surface area contributed by atoms with E-state index in [9.17, 15) is 14.7 Å². The molecule has 2 atom stereocenters. The van der Waals surface area contributed by atoms with Crippen molar-refractivity contribution in [2.24, 2.45) is 0 Å². The molecule has 9 nitrogen and oxygen atoms in total. The third-order valence-electron chi connectivity index (χ3n) is 4.77. The quantitative estimate of drug-likeness (QED) is 0.727. The predicted molar refractivity (Wildman–Crippen MR) is 97.4 cm³/mol. The number of amides is 2. The van der Waals surface area contributed by atoms with Crippen LogP contribution in [0.2, 0.25) is 0 Å².